The number of halogens is 2. The molecule has 0 saturated carbocycles. The molecule has 1 amide bonds. The zero-order valence-electron chi connectivity index (χ0n) is 14.8. The Balaban J connectivity index is 1.77. The van der Waals surface area contributed by atoms with Gasteiger partial charge in [-0.2, -0.15) is 0 Å². The molecule has 0 saturated heterocycles. The smallest absolute Gasteiger partial charge is 0.264 e. The minimum Gasteiger partial charge on any atom is -0.311 e. The van der Waals surface area contributed by atoms with Crippen LogP contribution in [0.25, 0.3) is 0 Å². The molecule has 1 N–H and O–H groups in total. The lowest BCUT2D eigenvalue weighted by atomic mass is 10.2. The van der Waals surface area contributed by atoms with E-state index in [-0.39, 0.29) is 11.6 Å². The number of anilines is 2. The highest BCUT2D eigenvalue weighted by molar-refractivity contribution is 7.92. The molecule has 144 valence electrons. The highest BCUT2D eigenvalue weighted by Crippen LogP contribution is 2.22. The maximum atomic E-state index is 13.8. The van der Waals surface area contributed by atoms with Crippen LogP contribution in [0.3, 0.4) is 0 Å². The van der Waals surface area contributed by atoms with Gasteiger partial charge in [-0.05, 0) is 60.7 Å². The summed E-state index contributed by atoms with van der Waals surface area (Å²) in [5.74, 6) is -1.07. The van der Waals surface area contributed by atoms with Gasteiger partial charge in [0.05, 0.1) is 0 Å². The Kier molecular flexibility index (Phi) is 5.67. The summed E-state index contributed by atoms with van der Waals surface area (Å²) in [4.78, 5) is 13.5. The van der Waals surface area contributed by atoms with Crippen LogP contribution in [0.15, 0.2) is 77.7 Å². The van der Waals surface area contributed by atoms with Gasteiger partial charge in [0.25, 0.3) is 15.9 Å². The largest absolute Gasteiger partial charge is 0.311 e. The van der Waals surface area contributed by atoms with Crippen LogP contribution < -0.4 is 9.62 Å². The fourth-order valence-electron chi connectivity index (χ4n) is 2.53. The van der Waals surface area contributed by atoms with E-state index in [1.54, 1.807) is 43.4 Å². The molecule has 3 aromatic carbocycles. The molecule has 0 spiro atoms. The third-order valence-electron chi connectivity index (χ3n) is 4.03. The van der Waals surface area contributed by atoms with Gasteiger partial charge in [0, 0.05) is 29.0 Å². The number of nitrogens with zero attached hydrogens (tertiary/aromatic N) is 1. The summed E-state index contributed by atoms with van der Waals surface area (Å²) in [6, 6.07) is 17.8. The fraction of sp³-hybridized carbons (Fsp3) is 0.0500. The first-order chi connectivity index (χ1) is 13.3. The van der Waals surface area contributed by atoms with Crippen molar-refractivity contribution in [2.24, 2.45) is 0 Å². The third kappa shape index (κ3) is 4.32. The molecule has 3 rings (SSSR count). The normalized spacial score (nSPS) is 11.1. The van der Waals surface area contributed by atoms with Crippen molar-refractivity contribution in [2.45, 2.75) is 4.90 Å². The predicted octanol–water partition coefficient (Wildman–Crippen LogP) is 4.56. The monoisotopic (exact) mass is 418 g/mol. The maximum Gasteiger partial charge on any atom is 0.264 e. The SMILES string of the molecule is CN(C(=O)c1ccc(Cl)cc1)c1ccc(NS(=O)(=O)c2ccccc2F)cc1. The molecule has 0 aliphatic carbocycles. The molecule has 0 bridgehead atoms. The molecule has 0 unspecified atom stereocenters. The fourth-order valence-corrected chi connectivity index (χ4v) is 3.79. The van der Waals surface area contributed by atoms with Gasteiger partial charge in [-0.3, -0.25) is 9.52 Å². The predicted molar refractivity (Wildman–Crippen MR) is 108 cm³/mol. The van der Waals surface area contributed by atoms with Crippen molar-refractivity contribution >= 4 is 38.9 Å². The average Bonchev–Trinajstić information content (AvgIpc) is 2.68. The van der Waals surface area contributed by atoms with Crippen molar-refractivity contribution in [2.75, 3.05) is 16.7 Å². The molecule has 0 heterocycles. The van der Waals surface area contributed by atoms with Crippen LogP contribution in [-0.2, 0) is 10.0 Å². The second kappa shape index (κ2) is 8.00. The van der Waals surface area contributed by atoms with E-state index < -0.39 is 20.7 Å². The summed E-state index contributed by atoms with van der Waals surface area (Å²) in [5.41, 5.74) is 1.28. The lowest BCUT2D eigenvalue weighted by Crippen LogP contribution is -2.26. The summed E-state index contributed by atoms with van der Waals surface area (Å²) < 4.78 is 40.8. The quantitative estimate of drug-likeness (QED) is 0.660. The molecule has 28 heavy (non-hydrogen) atoms. The van der Waals surface area contributed by atoms with E-state index in [1.807, 2.05) is 0 Å². The van der Waals surface area contributed by atoms with Crippen LogP contribution in [0.1, 0.15) is 10.4 Å². The molecule has 5 nitrogen and oxygen atoms in total. The standard InChI is InChI=1S/C20H16ClFN2O3S/c1-24(20(25)14-6-8-15(21)9-7-14)17-12-10-16(11-13-17)23-28(26,27)19-5-3-2-4-18(19)22/h2-13,23H,1H3. The van der Waals surface area contributed by atoms with E-state index in [0.29, 0.717) is 16.3 Å². The summed E-state index contributed by atoms with van der Waals surface area (Å²) in [6.45, 7) is 0. The molecule has 0 aromatic heterocycles. The first-order valence-electron chi connectivity index (χ1n) is 8.19. The Labute approximate surface area is 167 Å². The van der Waals surface area contributed by atoms with E-state index in [1.165, 1.54) is 35.2 Å². The number of rotatable bonds is 5. The molecule has 0 aliphatic rings. The van der Waals surface area contributed by atoms with Crippen LogP contribution in [0, 0.1) is 5.82 Å². The molecule has 0 fully saturated rings. The van der Waals surface area contributed by atoms with Gasteiger partial charge in [0.1, 0.15) is 10.7 Å². The number of hydrogen-bond donors (Lipinski definition) is 1. The van der Waals surface area contributed by atoms with E-state index in [9.17, 15) is 17.6 Å². The van der Waals surface area contributed by atoms with Gasteiger partial charge >= 0.3 is 0 Å². The Hall–Kier alpha value is -2.90. The number of sulfonamides is 1. The number of benzene rings is 3. The number of carbonyl (C=O) groups is 1. The Bertz CT molecular complexity index is 1100. The Morgan fingerprint density at radius 3 is 2.18 bits per heavy atom. The van der Waals surface area contributed by atoms with Gasteiger partial charge in [0.15, 0.2) is 0 Å². The molecule has 0 atom stereocenters. The van der Waals surface area contributed by atoms with Gasteiger partial charge in [-0.1, -0.05) is 23.7 Å². The van der Waals surface area contributed by atoms with E-state index >= 15 is 0 Å². The van der Waals surface area contributed by atoms with Crippen molar-refractivity contribution in [1.82, 2.24) is 0 Å². The molecule has 3 aromatic rings. The summed E-state index contributed by atoms with van der Waals surface area (Å²) >= 11 is 5.83. The maximum absolute atomic E-state index is 13.8. The van der Waals surface area contributed by atoms with Crippen molar-refractivity contribution < 1.29 is 17.6 Å². The number of amides is 1. The summed E-state index contributed by atoms with van der Waals surface area (Å²) in [7, 11) is -2.45. The van der Waals surface area contributed by atoms with Gasteiger partial charge in [-0.15, -0.1) is 0 Å². The molecule has 0 aliphatic heterocycles. The lowest BCUT2D eigenvalue weighted by molar-refractivity contribution is 0.0993. The van der Waals surface area contributed by atoms with Crippen LogP contribution in [0.4, 0.5) is 15.8 Å². The number of carbonyl (C=O) groups excluding carboxylic acids is 1. The van der Waals surface area contributed by atoms with E-state index in [4.69, 9.17) is 11.6 Å². The summed E-state index contributed by atoms with van der Waals surface area (Å²) in [6.07, 6.45) is 0. The van der Waals surface area contributed by atoms with Gasteiger partial charge in [-0.25, -0.2) is 12.8 Å². The second-order valence-corrected chi connectivity index (χ2v) is 8.04. The third-order valence-corrected chi connectivity index (χ3v) is 5.70. The Morgan fingerprint density at radius 1 is 0.964 bits per heavy atom. The van der Waals surface area contributed by atoms with Crippen molar-refractivity contribution in [3.8, 4) is 0 Å². The first kappa shape index (κ1) is 19.9. The highest BCUT2D eigenvalue weighted by Gasteiger charge is 2.19. The minimum atomic E-state index is -4.06. The zero-order chi connectivity index (χ0) is 20.3. The van der Waals surface area contributed by atoms with Crippen LogP contribution in [0.5, 0.6) is 0 Å². The second-order valence-electron chi connectivity index (χ2n) is 5.95. The van der Waals surface area contributed by atoms with Gasteiger partial charge < -0.3 is 4.90 Å². The molecular formula is C20H16ClFN2O3S. The average molecular weight is 419 g/mol. The van der Waals surface area contributed by atoms with Crippen LogP contribution >= 0.6 is 11.6 Å². The zero-order valence-corrected chi connectivity index (χ0v) is 16.3. The van der Waals surface area contributed by atoms with Crippen molar-refractivity contribution in [3.63, 3.8) is 0 Å². The Morgan fingerprint density at radius 2 is 1.57 bits per heavy atom. The molecular weight excluding hydrogens is 403 g/mol. The topological polar surface area (TPSA) is 66.5 Å². The number of nitrogens with one attached hydrogen (secondary N) is 1. The highest BCUT2D eigenvalue weighted by atomic mass is 35.5. The van der Waals surface area contributed by atoms with Crippen molar-refractivity contribution in [3.05, 3.63) is 89.2 Å². The first-order valence-corrected chi connectivity index (χ1v) is 10.0. The van der Waals surface area contributed by atoms with Crippen LogP contribution in [-0.4, -0.2) is 21.4 Å². The van der Waals surface area contributed by atoms with Crippen molar-refractivity contribution in [1.29, 1.82) is 0 Å². The van der Waals surface area contributed by atoms with Crippen LogP contribution in [0.2, 0.25) is 5.02 Å². The number of hydrogen-bond acceptors (Lipinski definition) is 3. The minimum absolute atomic E-state index is 0.239. The molecule has 0 radical (unpaired) electrons. The lowest BCUT2D eigenvalue weighted by Gasteiger charge is -2.18. The van der Waals surface area contributed by atoms with Gasteiger partial charge in [0.2, 0.25) is 0 Å². The van der Waals surface area contributed by atoms with E-state index in [0.717, 1.165) is 6.07 Å². The van der Waals surface area contributed by atoms with E-state index in [2.05, 4.69) is 4.72 Å². The summed E-state index contributed by atoms with van der Waals surface area (Å²) in [5, 5.41) is 0.533. The molecule has 8 heteroatoms.